The summed E-state index contributed by atoms with van der Waals surface area (Å²) in [5, 5.41) is 8.41. The molecule has 1 radical (unpaired) electrons. The summed E-state index contributed by atoms with van der Waals surface area (Å²) in [4.78, 5) is 10.2. The van der Waals surface area contributed by atoms with Crippen molar-refractivity contribution >= 4 is 25.7 Å². The van der Waals surface area contributed by atoms with E-state index in [1.165, 1.54) is 64.2 Å². The molecule has 1 N–H and O–H groups in total. The van der Waals surface area contributed by atoms with Crippen molar-refractivity contribution in [1.29, 1.82) is 0 Å². The van der Waals surface area contributed by atoms with Gasteiger partial charge in [-0.3, -0.25) is 4.79 Å². The molecule has 0 saturated heterocycles. The molecule has 0 aromatic carbocycles. The van der Waals surface area contributed by atoms with E-state index in [4.69, 9.17) is 5.11 Å². The summed E-state index contributed by atoms with van der Waals surface area (Å²) < 4.78 is 4.93. The second-order valence-corrected chi connectivity index (χ2v) is 15.5. The number of carboxylic acids is 1. The molecule has 0 saturated carbocycles. The Labute approximate surface area is 159 Å². The van der Waals surface area contributed by atoms with E-state index < -0.39 is 25.7 Å². The van der Waals surface area contributed by atoms with Crippen molar-refractivity contribution in [2.75, 3.05) is 0 Å². The van der Waals surface area contributed by atoms with Gasteiger partial charge in [0.2, 0.25) is 0 Å². The number of hydrogen-bond acceptors (Lipinski definition) is 1. The molecule has 0 rings (SSSR count). The van der Waals surface area contributed by atoms with Crippen LogP contribution in [0, 0.1) is 0 Å². The Morgan fingerprint density at radius 2 is 1.00 bits per heavy atom. The molecule has 0 aliphatic heterocycles. The van der Waals surface area contributed by atoms with E-state index in [0.717, 1.165) is 12.8 Å². The summed E-state index contributed by atoms with van der Waals surface area (Å²) in [6.45, 7) is 9.25. The Bertz CT molecular complexity index is 230. The van der Waals surface area contributed by atoms with Crippen molar-refractivity contribution in [3.8, 4) is 0 Å². The molecule has 0 unspecified atom stereocenters. The van der Waals surface area contributed by atoms with Crippen molar-refractivity contribution in [1.82, 2.24) is 0 Å². The Morgan fingerprint density at radius 3 is 1.33 bits per heavy atom. The van der Waals surface area contributed by atoms with Crippen LogP contribution in [0.4, 0.5) is 0 Å². The Morgan fingerprint density at radius 1 is 0.625 bits per heavy atom. The van der Waals surface area contributed by atoms with E-state index in [9.17, 15) is 4.79 Å². The van der Waals surface area contributed by atoms with Crippen molar-refractivity contribution in [3.63, 3.8) is 0 Å². The molecule has 0 atom stereocenters. The van der Waals surface area contributed by atoms with Crippen LogP contribution in [0.2, 0.25) is 13.3 Å². The summed E-state index contributed by atoms with van der Waals surface area (Å²) in [5.74, 6) is -0.659. The van der Waals surface area contributed by atoms with Crippen LogP contribution < -0.4 is 0 Å². The van der Waals surface area contributed by atoms with Crippen molar-refractivity contribution in [2.24, 2.45) is 0 Å². The molecule has 0 spiro atoms. The maximum absolute atomic E-state index is 10.2. The summed E-state index contributed by atoms with van der Waals surface area (Å²) in [7, 11) is 0. The molecule has 0 heterocycles. The molecule has 3 heteroatoms. The molecule has 145 valence electrons. The third-order valence-corrected chi connectivity index (χ3v) is 14.6. The molecular weight excluding hydrogens is 403 g/mol. The number of carbonyl (C=O) groups is 1. The predicted octanol–water partition coefficient (Wildman–Crippen LogP) is 7.70. The van der Waals surface area contributed by atoms with Crippen LogP contribution >= 0.6 is 0 Å². The SMILES string of the molecule is CCCCCCCCCCCC(=O)O.CC[CH2][Sn]([CH2]CC)[CH2]CC. The van der Waals surface area contributed by atoms with Crippen LogP contribution in [-0.2, 0) is 4.79 Å². The second-order valence-electron chi connectivity index (χ2n) is 6.97. The molecule has 0 aliphatic rings. The van der Waals surface area contributed by atoms with Gasteiger partial charge in [-0.05, 0) is 6.42 Å². The first-order valence-corrected chi connectivity index (χ1v) is 16.7. The van der Waals surface area contributed by atoms with Crippen LogP contribution in [0.1, 0.15) is 111 Å². The summed E-state index contributed by atoms with van der Waals surface area (Å²) in [6, 6.07) is 0. The van der Waals surface area contributed by atoms with E-state index in [0.29, 0.717) is 6.42 Å². The van der Waals surface area contributed by atoms with E-state index in [1.54, 1.807) is 13.3 Å². The Hall–Kier alpha value is 0.269. The van der Waals surface area contributed by atoms with Gasteiger partial charge in [0.1, 0.15) is 0 Å². The molecule has 0 fully saturated rings. The fourth-order valence-electron chi connectivity index (χ4n) is 3.02. The number of aliphatic carboxylic acids is 1. The third kappa shape index (κ3) is 24.5. The zero-order chi connectivity index (χ0) is 18.5. The number of unbranched alkanes of at least 4 members (excludes halogenated alkanes) is 8. The van der Waals surface area contributed by atoms with E-state index in [1.807, 2.05) is 0 Å². The first kappa shape index (κ1) is 26.5. The van der Waals surface area contributed by atoms with Crippen LogP contribution in [0.25, 0.3) is 0 Å². The van der Waals surface area contributed by atoms with Crippen LogP contribution in [0.5, 0.6) is 0 Å². The Balaban J connectivity index is 0. The van der Waals surface area contributed by atoms with Crippen molar-refractivity contribution < 1.29 is 9.90 Å². The van der Waals surface area contributed by atoms with Gasteiger partial charge >= 0.3 is 79.1 Å². The van der Waals surface area contributed by atoms with Crippen molar-refractivity contribution in [2.45, 2.75) is 124 Å². The van der Waals surface area contributed by atoms with Gasteiger partial charge < -0.3 is 5.11 Å². The van der Waals surface area contributed by atoms with Gasteiger partial charge in [-0.1, -0.05) is 58.3 Å². The van der Waals surface area contributed by atoms with Gasteiger partial charge in [0.05, 0.1) is 0 Å². The average Bonchev–Trinajstić information content (AvgIpc) is 2.54. The third-order valence-electron chi connectivity index (χ3n) is 4.30. The van der Waals surface area contributed by atoms with Crippen LogP contribution in [-0.4, -0.2) is 30.8 Å². The topological polar surface area (TPSA) is 37.3 Å². The number of carboxylic acid groups (broad SMARTS) is 1. The maximum atomic E-state index is 10.2. The van der Waals surface area contributed by atoms with Gasteiger partial charge in [0.15, 0.2) is 0 Å². The summed E-state index contributed by atoms with van der Waals surface area (Å²) >= 11 is -0.759. The molecule has 24 heavy (non-hydrogen) atoms. The quantitative estimate of drug-likeness (QED) is 0.194. The molecular formula is C21H45O2Sn. The molecule has 2 nitrogen and oxygen atoms in total. The van der Waals surface area contributed by atoms with E-state index in [-0.39, 0.29) is 0 Å². The zero-order valence-corrected chi connectivity index (χ0v) is 20.0. The van der Waals surface area contributed by atoms with E-state index in [2.05, 4.69) is 27.7 Å². The molecule has 0 aromatic heterocycles. The molecule has 0 amide bonds. The fourth-order valence-corrected chi connectivity index (χ4v) is 11.2. The molecule has 0 aromatic rings. The summed E-state index contributed by atoms with van der Waals surface area (Å²) in [6.07, 6.45) is 15.8. The van der Waals surface area contributed by atoms with Gasteiger partial charge in [0.25, 0.3) is 0 Å². The molecule has 0 bridgehead atoms. The zero-order valence-electron chi connectivity index (χ0n) is 17.2. The minimum atomic E-state index is -0.759. The van der Waals surface area contributed by atoms with Gasteiger partial charge in [-0.15, -0.1) is 0 Å². The van der Waals surface area contributed by atoms with E-state index >= 15 is 0 Å². The minimum absolute atomic E-state index is 0.343. The van der Waals surface area contributed by atoms with Gasteiger partial charge in [-0.2, -0.15) is 0 Å². The summed E-state index contributed by atoms with van der Waals surface area (Å²) in [5.41, 5.74) is 0. The monoisotopic (exact) mass is 449 g/mol. The van der Waals surface area contributed by atoms with Crippen LogP contribution in [0.3, 0.4) is 0 Å². The van der Waals surface area contributed by atoms with Crippen molar-refractivity contribution in [3.05, 3.63) is 0 Å². The fraction of sp³-hybridized carbons (Fsp3) is 0.952. The van der Waals surface area contributed by atoms with Gasteiger partial charge in [0, 0.05) is 6.42 Å². The van der Waals surface area contributed by atoms with Gasteiger partial charge in [-0.25, -0.2) is 0 Å². The first-order chi connectivity index (χ1) is 11.6. The normalized spacial score (nSPS) is 10.5. The standard InChI is InChI=1S/C12H24O2.3C3H7.Sn/c1-2-3-4-5-6-7-8-9-10-11-12(13)14;3*1-3-2;/h2-11H2,1H3,(H,13,14);3*1,3H2,2H3;. The Kier molecular flexibility index (Phi) is 25.7. The average molecular weight is 448 g/mol. The number of rotatable bonds is 16. The second kappa shape index (κ2) is 23.3. The number of hydrogen-bond donors (Lipinski definition) is 1. The first-order valence-electron chi connectivity index (χ1n) is 10.7. The van der Waals surface area contributed by atoms with Crippen LogP contribution in [0.15, 0.2) is 0 Å². The predicted molar refractivity (Wildman–Crippen MR) is 111 cm³/mol. The molecule has 0 aliphatic carbocycles.